The van der Waals surface area contributed by atoms with Gasteiger partial charge in [0.2, 0.25) is 41.4 Å². The van der Waals surface area contributed by atoms with Crippen molar-refractivity contribution in [2.24, 2.45) is 11.5 Å². The lowest BCUT2D eigenvalue weighted by atomic mass is 10.1. The summed E-state index contributed by atoms with van der Waals surface area (Å²) in [5.74, 6) is -6.73. The summed E-state index contributed by atoms with van der Waals surface area (Å²) in [4.78, 5) is 105. The summed E-state index contributed by atoms with van der Waals surface area (Å²) >= 11 is 7.84. The van der Waals surface area contributed by atoms with Gasteiger partial charge in [0.25, 0.3) is 0 Å². The molecule has 7 amide bonds. The number of nitrogens with two attached hydrogens (primary N) is 2. The number of hydrogen-bond acceptors (Lipinski definition) is 14. The van der Waals surface area contributed by atoms with Crippen LogP contribution in [0.1, 0.15) is 51.9 Å². The molecule has 300 valence electrons. The number of aliphatic hydroxyl groups is 2. The maximum absolute atomic E-state index is 13.7. The Morgan fingerprint density at radius 1 is 0.811 bits per heavy atom. The van der Waals surface area contributed by atoms with E-state index >= 15 is 0 Å². The van der Waals surface area contributed by atoms with E-state index in [1.165, 1.54) is 16.7 Å². The summed E-state index contributed by atoms with van der Waals surface area (Å²) in [5, 5.41) is 41.1. The van der Waals surface area contributed by atoms with Crippen molar-refractivity contribution in [3.8, 4) is 0 Å². The molecule has 0 saturated carbocycles. The van der Waals surface area contributed by atoms with Crippen LogP contribution in [0.15, 0.2) is 0 Å². The Morgan fingerprint density at radius 3 is 2.00 bits per heavy atom. The first-order valence-electron chi connectivity index (χ1n) is 17.4. The minimum atomic E-state index is -1.57. The summed E-state index contributed by atoms with van der Waals surface area (Å²) in [7, 11) is 0. The second-order valence-corrected chi connectivity index (χ2v) is 13.6. The quantitative estimate of drug-likeness (QED) is 0.0383. The Labute approximate surface area is 318 Å². The molecule has 0 aromatic heterocycles. The van der Waals surface area contributed by atoms with Crippen LogP contribution in [-0.2, 0) is 38.4 Å². The van der Waals surface area contributed by atoms with Gasteiger partial charge in [-0.15, -0.1) is 0 Å². The lowest BCUT2D eigenvalue weighted by Gasteiger charge is -2.32. The fraction of sp³-hybridized carbons (Fsp3) is 0.742. The number of nitrogens with zero attached hydrogens (tertiary/aromatic N) is 2. The van der Waals surface area contributed by atoms with Gasteiger partial charge in [0.15, 0.2) is 0 Å². The van der Waals surface area contributed by atoms with Crippen molar-refractivity contribution in [3.63, 3.8) is 0 Å². The highest BCUT2D eigenvalue weighted by Gasteiger charge is 2.43. The average Bonchev–Trinajstić information content (AvgIpc) is 3.83. The molecule has 2 saturated heterocycles. The van der Waals surface area contributed by atoms with Gasteiger partial charge in [-0.25, -0.2) is 4.79 Å². The third-order valence-electron chi connectivity index (χ3n) is 8.87. The zero-order valence-electron chi connectivity index (χ0n) is 29.6. The maximum Gasteiger partial charge on any atom is 0.327 e. The van der Waals surface area contributed by atoms with E-state index in [2.05, 4.69) is 51.8 Å². The summed E-state index contributed by atoms with van der Waals surface area (Å²) in [5.41, 5.74) is 11.2. The van der Waals surface area contributed by atoms with E-state index in [1.54, 1.807) is 0 Å². The number of carboxylic acid groups (broad SMARTS) is 1. The van der Waals surface area contributed by atoms with E-state index in [9.17, 15) is 53.7 Å². The van der Waals surface area contributed by atoms with Crippen molar-refractivity contribution < 1.29 is 53.7 Å². The van der Waals surface area contributed by atoms with Crippen LogP contribution in [-0.4, -0.2) is 165 Å². The molecule has 8 atom stereocenters. The molecule has 20 nitrogen and oxygen atoms in total. The van der Waals surface area contributed by atoms with E-state index in [0.29, 0.717) is 38.6 Å². The highest BCUT2D eigenvalue weighted by molar-refractivity contribution is 7.80. The first-order chi connectivity index (χ1) is 25.1. The van der Waals surface area contributed by atoms with Gasteiger partial charge in [-0.3, -0.25) is 33.6 Å². The molecule has 2 heterocycles. The normalized spacial score (nSPS) is 20.3. The number of thiol groups is 2. The van der Waals surface area contributed by atoms with Crippen molar-refractivity contribution in [1.82, 2.24) is 36.4 Å². The van der Waals surface area contributed by atoms with E-state index in [4.69, 9.17) is 11.5 Å². The predicted octanol–water partition coefficient (Wildman–Crippen LogP) is -5.20. The van der Waals surface area contributed by atoms with Gasteiger partial charge >= 0.3 is 5.97 Å². The maximum atomic E-state index is 13.7. The number of likely N-dealkylation sites (tertiary alicyclic amines) is 2. The zero-order chi connectivity index (χ0) is 39.8. The van der Waals surface area contributed by atoms with Gasteiger partial charge in [0.05, 0.1) is 25.3 Å². The number of carboxylic acids is 1. The summed E-state index contributed by atoms with van der Waals surface area (Å²) in [6, 6.07) is -8.44. The Morgan fingerprint density at radius 2 is 1.43 bits per heavy atom. The Bertz CT molecular complexity index is 1330. The van der Waals surface area contributed by atoms with Crippen LogP contribution in [0.5, 0.6) is 0 Å². The molecule has 0 spiro atoms. The zero-order valence-corrected chi connectivity index (χ0v) is 31.4. The monoisotopic (exact) mass is 791 g/mol. The second kappa shape index (κ2) is 22.5. The van der Waals surface area contributed by atoms with Gasteiger partial charge < -0.3 is 63.2 Å². The fourth-order valence-electron chi connectivity index (χ4n) is 5.93. The number of hydrogen-bond donors (Lipinski definition) is 12. The number of aliphatic hydroxyl groups excluding tert-OH is 2. The largest absolute Gasteiger partial charge is 0.480 e. The van der Waals surface area contributed by atoms with Gasteiger partial charge in [-0.2, -0.15) is 25.3 Å². The van der Waals surface area contributed by atoms with E-state index in [1.807, 2.05) is 0 Å². The number of nitrogens with one attached hydrogen (secondary N) is 5. The Hall–Kier alpha value is -3.70. The Balaban J connectivity index is 2.06. The third-order valence-corrected chi connectivity index (χ3v) is 9.63. The van der Waals surface area contributed by atoms with Gasteiger partial charge in [-0.1, -0.05) is 0 Å². The topological polar surface area (TPSA) is 316 Å². The summed E-state index contributed by atoms with van der Waals surface area (Å²) in [6.07, 6.45) is 1.02. The van der Waals surface area contributed by atoms with Crippen LogP contribution in [0, 0.1) is 0 Å². The molecule has 0 radical (unpaired) electrons. The van der Waals surface area contributed by atoms with Crippen molar-refractivity contribution in [2.45, 2.75) is 100 Å². The third kappa shape index (κ3) is 13.3. The van der Waals surface area contributed by atoms with Crippen LogP contribution < -0.4 is 38.1 Å². The first kappa shape index (κ1) is 45.5. The highest BCUT2D eigenvalue weighted by atomic mass is 32.1. The number of aliphatic carboxylic acids is 1. The average molecular weight is 792 g/mol. The number of rotatable bonds is 21. The second-order valence-electron chi connectivity index (χ2n) is 12.8. The lowest BCUT2D eigenvalue weighted by molar-refractivity contribution is -0.148. The van der Waals surface area contributed by atoms with Crippen LogP contribution in [0.25, 0.3) is 0 Å². The number of amides is 7. The molecule has 2 fully saturated rings. The Kier molecular flexibility index (Phi) is 19.3. The SMILES string of the molecule is C[C@@H](O)[C@H](NC(=O)[C@H](CCCCN)NC(=O)CNC(=O)[C@@H]1CCCN1C(=O)[C@@H]1CCCN1C(=O)[C@H](CO)NC(=O)[C@@H](N)CS)C(=O)N[C@@H](CS)C(=O)O. The molecule has 0 aliphatic carbocycles. The van der Waals surface area contributed by atoms with Crippen molar-refractivity contribution in [3.05, 3.63) is 0 Å². The van der Waals surface area contributed by atoms with Crippen LogP contribution >= 0.6 is 25.3 Å². The smallest absolute Gasteiger partial charge is 0.327 e. The lowest BCUT2D eigenvalue weighted by Crippen LogP contribution is -2.60. The molecule has 53 heavy (non-hydrogen) atoms. The van der Waals surface area contributed by atoms with Crippen LogP contribution in [0.2, 0.25) is 0 Å². The molecule has 0 aromatic rings. The fourth-order valence-corrected chi connectivity index (χ4v) is 6.34. The van der Waals surface area contributed by atoms with Crippen LogP contribution in [0.4, 0.5) is 0 Å². The molecule has 2 aliphatic heterocycles. The standard InChI is InChI=1S/C31H53N9O11S2/c1-16(42)24(28(47)37-20(15-53)31(50)51)38-26(45)18(6-2-3-9-32)35-23(43)12-34-27(46)21-7-4-10-39(21)30(49)22-8-5-11-40(22)29(48)19(13-41)36-25(44)17(33)14-52/h16-22,24,41-42,52-53H,2-15,32-33H2,1H3,(H,34,46)(H,35,43)(H,36,44)(H,37,47)(H,38,45)(H,50,51)/t16-,17+,18+,19+,20+,21+,22+,24+/m1/s1. The van der Waals surface area contributed by atoms with Crippen molar-refractivity contribution >= 4 is 72.6 Å². The minimum absolute atomic E-state index is 0.00731. The van der Waals surface area contributed by atoms with Gasteiger partial charge in [0.1, 0.15) is 36.3 Å². The molecule has 0 bridgehead atoms. The number of unbranched alkanes of at least 4 members (excludes halogenated alkanes) is 1. The summed E-state index contributed by atoms with van der Waals surface area (Å²) in [6.45, 7) is 0.595. The molecule has 2 rings (SSSR count). The first-order valence-corrected chi connectivity index (χ1v) is 18.7. The van der Waals surface area contributed by atoms with Gasteiger partial charge in [0, 0.05) is 24.6 Å². The number of carbonyl (C=O) groups is 8. The molecule has 12 N–H and O–H groups in total. The molecular weight excluding hydrogens is 739 g/mol. The molecule has 22 heteroatoms. The molecule has 2 aliphatic rings. The molecular formula is C31H53N9O11S2. The molecule has 0 aromatic carbocycles. The van der Waals surface area contributed by atoms with E-state index in [-0.39, 0.29) is 37.4 Å². The minimum Gasteiger partial charge on any atom is -0.480 e. The molecule has 0 unspecified atom stereocenters. The van der Waals surface area contributed by atoms with Gasteiger partial charge in [-0.05, 0) is 58.4 Å². The van der Waals surface area contributed by atoms with Crippen molar-refractivity contribution in [2.75, 3.05) is 44.3 Å². The predicted molar refractivity (Wildman–Crippen MR) is 195 cm³/mol. The van der Waals surface area contributed by atoms with E-state index < -0.39 is 109 Å². The van der Waals surface area contributed by atoms with E-state index in [0.717, 1.165) is 0 Å². The number of carbonyl (C=O) groups excluding carboxylic acids is 7. The summed E-state index contributed by atoms with van der Waals surface area (Å²) < 4.78 is 0. The van der Waals surface area contributed by atoms with Crippen LogP contribution in [0.3, 0.4) is 0 Å². The highest BCUT2D eigenvalue weighted by Crippen LogP contribution is 2.25. The van der Waals surface area contributed by atoms with Crippen molar-refractivity contribution in [1.29, 1.82) is 0 Å².